The number of nitrogens with zero attached hydrogens (tertiary/aromatic N) is 1. The molecule has 0 fully saturated rings. The average Bonchev–Trinajstić information content (AvgIpc) is 2.16. The molecule has 64 valence electrons. The molecule has 0 atom stereocenters. The van der Waals surface area contributed by atoms with Crippen molar-refractivity contribution < 1.29 is 0 Å². The maximum atomic E-state index is 3.93. The second kappa shape index (κ2) is 4.67. The largest absolute Gasteiger partial charge is 0.263 e. The summed E-state index contributed by atoms with van der Waals surface area (Å²) in [6.07, 6.45) is 2.04. The van der Waals surface area contributed by atoms with E-state index in [0.29, 0.717) is 0 Å². The van der Waals surface area contributed by atoms with Crippen molar-refractivity contribution in [2.75, 3.05) is 6.26 Å². The van der Waals surface area contributed by atoms with Crippen molar-refractivity contribution in [1.29, 1.82) is 0 Å². The van der Waals surface area contributed by atoms with Crippen LogP contribution in [0.25, 0.3) is 0 Å². The minimum Gasteiger partial charge on any atom is -0.263 e. The predicted molar refractivity (Wildman–Crippen MR) is 60.1 cm³/mol. The lowest BCUT2D eigenvalue weighted by atomic mass is 10.2. The Labute approximate surface area is 85.4 Å². The van der Waals surface area contributed by atoms with E-state index in [9.17, 15) is 0 Å². The van der Waals surface area contributed by atoms with Crippen molar-refractivity contribution in [3.63, 3.8) is 0 Å². The Morgan fingerprint density at radius 1 is 1.58 bits per heavy atom. The van der Waals surface area contributed by atoms with Gasteiger partial charge in [0.25, 0.3) is 0 Å². The van der Waals surface area contributed by atoms with Crippen LogP contribution in [0.1, 0.15) is 5.56 Å². The average molecular weight is 244 g/mol. The Morgan fingerprint density at radius 3 is 2.83 bits per heavy atom. The fourth-order valence-electron chi connectivity index (χ4n) is 0.936. The Bertz CT molecular complexity index is 286. The van der Waals surface area contributed by atoms with Gasteiger partial charge in [-0.3, -0.25) is 4.99 Å². The summed E-state index contributed by atoms with van der Waals surface area (Å²) in [4.78, 5) is 5.11. The monoisotopic (exact) mass is 243 g/mol. The number of halogens is 1. The summed E-state index contributed by atoms with van der Waals surface area (Å²) in [6, 6.07) is 6.18. The summed E-state index contributed by atoms with van der Waals surface area (Å²) in [5.74, 6) is 0. The molecule has 1 aromatic rings. The number of alkyl halides is 1. The summed E-state index contributed by atoms with van der Waals surface area (Å²) in [6.45, 7) is 3.52. The maximum Gasteiger partial charge on any atom is 0.0758 e. The number of rotatable bonds is 3. The number of hydrogen-bond donors (Lipinski definition) is 0. The fraction of sp³-hybridized carbons (Fsp3) is 0.222. The highest BCUT2D eigenvalue weighted by molar-refractivity contribution is 9.08. The number of thioether (sulfide) groups is 1. The maximum absolute atomic E-state index is 3.93. The molecule has 0 amide bonds. The zero-order valence-electron chi connectivity index (χ0n) is 6.88. The lowest BCUT2D eigenvalue weighted by Crippen LogP contribution is -1.78. The molecule has 1 nitrogen and oxygen atoms in total. The van der Waals surface area contributed by atoms with Gasteiger partial charge in [-0.05, 0) is 30.7 Å². The highest BCUT2D eigenvalue weighted by Crippen LogP contribution is 2.28. The van der Waals surface area contributed by atoms with Crippen LogP contribution in [0.5, 0.6) is 0 Å². The summed E-state index contributed by atoms with van der Waals surface area (Å²) < 4.78 is 0. The van der Waals surface area contributed by atoms with Gasteiger partial charge in [0.05, 0.1) is 5.69 Å². The first-order chi connectivity index (χ1) is 5.81. The molecule has 1 aromatic carbocycles. The van der Waals surface area contributed by atoms with E-state index in [1.54, 1.807) is 11.8 Å². The predicted octanol–water partition coefficient (Wildman–Crippen LogP) is 3.64. The third-order valence-electron chi connectivity index (χ3n) is 1.57. The molecule has 0 heterocycles. The van der Waals surface area contributed by atoms with Crippen molar-refractivity contribution in [3.05, 3.63) is 23.8 Å². The molecule has 1 rings (SSSR count). The van der Waals surface area contributed by atoms with Gasteiger partial charge in [-0.1, -0.05) is 22.0 Å². The second-order valence-electron chi connectivity index (χ2n) is 2.30. The van der Waals surface area contributed by atoms with Gasteiger partial charge in [-0.25, -0.2) is 0 Å². The van der Waals surface area contributed by atoms with Crippen molar-refractivity contribution in [1.82, 2.24) is 0 Å². The summed E-state index contributed by atoms with van der Waals surface area (Å²) in [7, 11) is 0. The Morgan fingerprint density at radius 2 is 2.33 bits per heavy atom. The normalized spacial score (nSPS) is 9.83. The molecule has 0 bridgehead atoms. The van der Waals surface area contributed by atoms with Crippen LogP contribution in [-0.4, -0.2) is 13.0 Å². The molecule has 0 aromatic heterocycles. The topological polar surface area (TPSA) is 12.4 Å². The van der Waals surface area contributed by atoms with E-state index in [4.69, 9.17) is 0 Å². The third-order valence-corrected chi connectivity index (χ3v) is 2.98. The van der Waals surface area contributed by atoms with Gasteiger partial charge in [0.2, 0.25) is 0 Å². The Kier molecular flexibility index (Phi) is 3.82. The molecular formula is C9H10BrNS. The molecule has 12 heavy (non-hydrogen) atoms. The van der Waals surface area contributed by atoms with Crippen LogP contribution in [-0.2, 0) is 5.33 Å². The molecule has 0 saturated carbocycles. The van der Waals surface area contributed by atoms with E-state index in [-0.39, 0.29) is 0 Å². The highest BCUT2D eigenvalue weighted by atomic mass is 79.9. The molecule has 0 aliphatic rings. The molecule has 0 spiro atoms. The van der Waals surface area contributed by atoms with E-state index >= 15 is 0 Å². The van der Waals surface area contributed by atoms with Gasteiger partial charge in [0.15, 0.2) is 0 Å². The van der Waals surface area contributed by atoms with Gasteiger partial charge in [-0.15, -0.1) is 11.8 Å². The molecule has 0 N–H and O–H groups in total. The first-order valence-corrected chi connectivity index (χ1v) is 5.86. The van der Waals surface area contributed by atoms with E-state index < -0.39 is 0 Å². The van der Waals surface area contributed by atoms with Crippen LogP contribution in [0.15, 0.2) is 28.1 Å². The van der Waals surface area contributed by atoms with Crippen molar-refractivity contribution in [3.8, 4) is 0 Å². The quantitative estimate of drug-likeness (QED) is 0.449. The van der Waals surface area contributed by atoms with Crippen molar-refractivity contribution in [2.45, 2.75) is 10.2 Å². The van der Waals surface area contributed by atoms with Gasteiger partial charge >= 0.3 is 0 Å². The fourth-order valence-corrected chi connectivity index (χ4v) is 1.90. The standard InChI is InChI=1S/C9H10BrNS/c1-11-8-4-3-7(6-10)5-9(8)12-2/h3-5H,1,6H2,2H3. The number of benzene rings is 1. The first-order valence-electron chi connectivity index (χ1n) is 3.51. The smallest absolute Gasteiger partial charge is 0.0758 e. The summed E-state index contributed by atoms with van der Waals surface area (Å²) in [5.41, 5.74) is 2.24. The summed E-state index contributed by atoms with van der Waals surface area (Å²) >= 11 is 5.11. The van der Waals surface area contributed by atoms with Gasteiger partial charge in [-0.2, -0.15) is 0 Å². The van der Waals surface area contributed by atoms with Crippen molar-refractivity contribution >= 4 is 40.1 Å². The molecular weight excluding hydrogens is 234 g/mol. The third kappa shape index (κ3) is 2.11. The van der Waals surface area contributed by atoms with Gasteiger partial charge < -0.3 is 0 Å². The molecule has 0 aliphatic carbocycles. The number of aliphatic imine (C=N–C) groups is 1. The van der Waals surface area contributed by atoms with E-state index in [0.717, 1.165) is 11.0 Å². The second-order valence-corrected chi connectivity index (χ2v) is 3.71. The molecule has 0 aliphatic heterocycles. The van der Waals surface area contributed by atoms with Crippen LogP contribution >= 0.6 is 27.7 Å². The Balaban J connectivity index is 3.10. The zero-order valence-corrected chi connectivity index (χ0v) is 9.28. The van der Waals surface area contributed by atoms with Crippen LogP contribution in [0.3, 0.4) is 0 Å². The summed E-state index contributed by atoms with van der Waals surface area (Å²) in [5, 5.41) is 0.887. The molecule has 0 radical (unpaired) electrons. The van der Waals surface area contributed by atoms with E-state index in [1.807, 2.05) is 12.3 Å². The first kappa shape index (κ1) is 9.81. The zero-order chi connectivity index (χ0) is 8.97. The SMILES string of the molecule is C=Nc1ccc(CBr)cc1SC. The van der Waals surface area contributed by atoms with Gasteiger partial charge in [0.1, 0.15) is 0 Å². The molecule has 0 unspecified atom stereocenters. The molecule has 3 heteroatoms. The van der Waals surface area contributed by atoms with Gasteiger partial charge in [0, 0.05) is 10.2 Å². The lowest BCUT2D eigenvalue weighted by Gasteiger charge is -2.03. The Hall–Kier alpha value is -0.280. The highest BCUT2D eigenvalue weighted by Gasteiger charge is 1.99. The van der Waals surface area contributed by atoms with E-state index in [1.165, 1.54) is 10.5 Å². The van der Waals surface area contributed by atoms with Crippen LogP contribution in [0.4, 0.5) is 5.69 Å². The minimum absolute atomic E-state index is 0.887. The van der Waals surface area contributed by atoms with Crippen molar-refractivity contribution in [2.24, 2.45) is 4.99 Å². The van der Waals surface area contributed by atoms with Crippen LogP contribution in [0.2, 0.25) is 0 Å². The number of hydrogen-bond acceptors (Lipinski definition) is 2. The lowest BCUT2D eigenvalue weighted by molar-refractivity contribution is 1.31. The van der Waals surface area contributed by atoms with E-state index in [2.05, 4.69) is 39.8 Å². The minimum atomic E-state index is 0.887. The van der Waals surface area contributed by atoms with Crippen LogP contribution in [0, 0.1) is 0 Å². The molecule has 0 saturated heterocycles. The van der Waals surface area contributed by atoms with Crippen LogP contribution < -0.4 is 0 Å².